The number of aliphatic hydroxyl groups is 1. The van der Waals surface area contributed by atoms with E-state index < -0.39 is 0 Å². The number of aliphatic hydroxyl groups excluding tert-OH is 1. The van der Waals surface area contributed by atoms with Gasteiger partial charge in [-0.1, -0.05) is 0 Å². The molecule has 0 spiro atoms. The van der Waals surface area contributed by atoms with Gasteiger partial charge in [-0.3, -0.25) is 0 Å². The van der Waals surface area contributed by atoms with Crippen LogP contribution in [0.1, 0.15) is 6.42 Å². The molecule has 0 fully saturated rings. The minimum atomic E-state index is -0.259. The van der Waals surface area contributed by atoms with E-state index in [1.165, 1.54) is 0 Å². The molecule has 3 heteroatoms. The molecule has 0 bridgehead atoms. The molecule has 0 aromatic heterocycles. The third kappa shape index (κ3) is 1.10. The first-order valence-electron chi connectivity index (χ1n) is 2.83. The van der Waals surface area contributed by atoms with Crippen molar-refractivity contribution in [3.63, 3.8) is 0 Å². The second kappa shape index (κ2) is 2.19. The predicted octanol–water partition coefficient (Wildman–Crippen LogP) is -0.0109. The fourth-order valence-electron chi connectivity index (χ4n) is 0.750. The summed E-state index contributed by atoms with van der Waals surface area (Å²) in [6.45, 7) is 0. The van der Waals surface area contributed by atoms with Gasteiger partial charge in [-0.05, 0) is 12.6 Å². The number of hydrogen-bond donors (Lipinski definition) is 2. The summed E-state index contributed by atoms with van der Waals surface area (Å²) in [6.07, 6.45) is 1.39. The lowest BCUT2D eigenvalue weighted by Gasteiger charge is -1.99. The van der Waals surface area contributed by atoms with Gasteiger partial charge in [-0.15, -0.1) is 0 Å². The summed E-state index contributed by atoms with van der Waals surface area (Å²) in [5.41, 5.74) is 0.826. The van der Waals surface area contributed by atoms with E-state index in [1.54, 1.807) is 7.05 Å². The molecular weight excluding hydrogens is 118 g/mol. The molecule has 0 aliphatic heterocycles. The number of rotatable bonds is 3. The molecule has 0 amide bonds. The smallest absolute Gasteiger partial charge is 0.141 e. The maximum atomic E-state index is 10.2. The third-order valence-electron chi connectivity index (χ3n) is 1.43. The van der Waals surface area contributed by atoms with E-state index in [9.17, 15) is 4.79 Å². The monoisotopic (exact) mass is 127 g/mol. The molecule has 1 aliphatic carbocycles. The minimum Gasteiger partial charge on any atom is -0.512 e. The first-order valence-corrected chi connectivity index (χ1v) is 2.83. The second-order valence-corrected chi connectivity index (χ2v) is 2.05. The Labute approximate surface area is 53.4 Å². The number of aldehydes is 1. The summed E-state index contributed by atoms with van der Waals surface area (Å²) in [7, 11) is 1.69. The molecule has 0 heterocycles. The van der Waals surface area contributed by atoms with Crippen LogP contribution >= 0.6 is 0 Å². The topological polar surface area (TPSA) is 49.3 Å². The summed E-state index contributed by atoms with van der Waals surface area (Å²) in [5, 5.41) is 11.5. The number of carbonyl (C=O) groups excluding carboxylic acids is 1. The Balaban J connectivity index is 2.50. The summed E-state index contributed by atoms with van der Waals surface area (Å²) in [4.78, 5) is 10.2. The maximum Gasteiger partial charge on any atom is 0.141 e. The van der Waals surface area contributed by atoms with Crippen molar-refractivity contribution >= 4 is 6.29 Å². The molecule has 0 saturated carbocycles. The summed E-state index contributed by atoms with van der Waals surface area (Å²) >= 11 is 0. The average Bonchev–Trinajstić information content (AvgIpc) is 2.51. The van der Waals surface area contributed by atoms with Crippen LogP contribution in [0, 0.1) is 0 Å². The van der Waals surface area contributed by atoms with E-state index in [4.69, 9.17) is 5.11 Å². The van der Waals surface area contributed by atoms with Crippen LogP contribution in [0.3, 0.4) is 0 Å². The van der Waals surface area contributed by atoms with Gasteiger partial charge in [-0.25, -0.2) is 0 Å². The van der Waals surface area contributed by atoms with E-state index >= 15 is 0 Å². The van der Waals surface area contributed by atoms with Crippen LogP contribution in [0.25, 0.3) is 0 Å². The summed E-state index contributed by atoms with van der Waals surface area (Å²) in [5.74, 6) is 0.362. The Bertz CT molecular complexity index is 162. The lowest BCUT2D eigenvalue weighted by Crippen LogP contribution is -2.25. The maximum absolute atomic E-state index is 10.2. The Morgan fingerprint density at radius 1 is 1.89 bits per heavy atom. The first kappa shape index (κ1) is 6.29. The Morgan fingerprint density at radius 2 is 2.44 bits per heavy atom. The number of carbonyl (C=O) groups is 1. The van der Waals surface area contributed by atoms with Gasteiger partial charge in [0.05, 0.1) is 11.8 Å². The molecule has 9 heavy (non-hydrogen) atoms. The van der Waals surface area contributed by atoms with Crippen LogP contribution in [-0.4, -0.2) is 24.5 Å². The molecule has 0 radical (unpaired) electrons. The summed E-state index contributed by atoms with van der Waals surface area (Å²) in [6, 6.07) is -0.259. The van der Waals surface area contributed by atoms with Crippen molar-refractivity contribution in [1.29, 1.82) is 0 Å². The van der Waals surface area contributed by atoms with Gasteiger partial charge in [0.15, 0.2) is 0 Å². The number of hydrogen-bond acceptors (Lipinski definition) is 3. The zero-order valence-electron chi connectivity index (χ0n) is 5.22. The molecule has 0 aromatic rings. The normalized spacial score (nSPS) is 19.7. The molecule has 1 atom stereocenters. The lowest BCUT2D eigenvalue weighted by atomic mass is 10.3. The van der Waals surface area contributed by atoms with Crippen molar-refractivity contribution in [1.82, 2.24) is 5.32 Å². The highest BCUT2D eigenvalue weighted by Gasteiger charge is 2.27. The Kier molecular flexibility index (Phi) is 1.53. The zero-order chi connectivity index (χ0) is 6.85. The van der Waals surface area contributed by atoms with Crippen molar-refractivity contribution in [2.75, 3.05) is 7.05 Å². The highest BCUT2D eigenvalue weighted by Crippen LogP contribution is 2.29. The second-order valence-electron chi connectivity index (χ2n) is 2.05. The molecule has 1 rings (SSSR count). The van der Waals surface area contributed by atoms with Crippen LogP contribution in [0.5, 0.6) is 0 Å². The van der Waals surface area contributed by atoms with Gasteiger partial charge in [0.1, 0.15) is 6.29 Å². The lowest BCUT2D eigenvalue weighted by molar-refractivity contribution is -0.108. The average molecular weight is 127 g/mol. The van der Waals surface area contributed by atoms with Crippen molar-refractivity contribution in [2.45, 2.75) is 12.5 Å². The third-order valence-corrected chi connectivity index (χ3v) is 1.43. The quantitative estimate of drug-likeness (QED) is 0.524. The first-order chi connectivity index (χ1) is 4.29. The van der Waals surface area contributed by atoms with Crippen molar-refractivity contribution < 1.29 is 9.90 Å². The van der Waals surface area contributed by atoms with E-state index in [2.05, 4.69) is 5.32 Å². The predicted molar refractivity (Wildman–Crippen MR) is 33.2 cm³/mol. The van der Waals surface area contributed by atoms with Gasteiger partial charge in [0.25, 0.3) is 0 Å². The van der Waals surface area contributed by atoms with Gasteiger partial charge in [0, 0.05) is 6.42 Å². The zero-order valence-corrected chi connectivity index (χ0v) is 5.22. The molecule has 0 aromatic carbocycles. The molecular formula is C6H9NO2. The highest BCUT2D eigenvalue weighted by molar-refractivity contribution is 5.66. The fraction of sp³-hybridized carbons (Fsp3) is 0.500. The van der Waals surface area contributed by atoms with E-state index in [1.807, 2.05) is 0 Å². The van der Waals surface area contributed by atoms with Gasteiger partial charge in [0.2, 0.25) is 0 Å². The number of likely N-dealkylation sites (N-methyl/N-ethyl adjacent to an activating group) is 1. The molecule has 0 saturated heterocycles. The van der Waals surface area contributed by atoms with Gasteiger partial charge >= 0.3 is 0 Å². The van der Waals surface area contributed by atoms with Crippen LogP contribution < -0.4 is 5.32 Å². The fourth-order valence-corrected chi connectivity index (χ4v) is 0.750. The minimum absolute atomic E-state index is 0.259. The molecule has 50 valence electrons. The van der Waals surface area contributed by atoms with E-state index in [0.717, 1.165) is 11.9 Å². The van der Waals surface area contributed by atoms with Crippen LogP contribution in [0.15, 0.2) is 11.3 Å². The van der Waals surface area contributed by atoms with Gasteiger partial charge in [-0.2, -0.15) is 0 Å². The Morgan fingerprint density at radius 3 is 2.56 bits per heavy atom. The molecule has 3 nitrogen and oxygen atoms in total. The standard InChI is InChI=1S/C6H9NO2/c1-7-5(3-8)4-2-6(4)9/h3,5,7,9H,2H2,1H3. The largest absolute Gasteiger partial charge is 0.512 e. The van der Waals surface area contributed by atoms with Crippen LogP contribution in [0.2, 0.25) is 0 Å². The summed E-state index contributed by atoms with van der Waals surface area (Å²) < 4.78 is 0. The number of allylic oxidation sites excluding steroid dienone is 1. The van der Waals surface area contributed by atoms with E-state index in [-0.39, 0.29) is 6.04 Å². The van der Waals surface area contributed by atoms with Crippen molar-refractivity contribution in [3.8, 4) is 0 Å². The van der Waals surface area contributed by atoms with Crippen molar-refractivity contribution in [3.05, 3.63) is 11.3 Å². The molecule has 1 aliphatic rings. The highest BCUT2D eigenvalue weighted by atomic mass is 16.3. The van der Waals surface area contributed by atoms with Gasteiger partial charge < -0.3 is 15.2 Å². The molecule has 2 N–H and O–H groups in total. The molecule has 1 unspecified atom stereocenters. The SMILES string of the molecule is CNC(C=O)C1=C(O)C1. The van der Waals surface area contributed by atoms with Crippen LogP contribution in [-0.2, 0) is 4.79 Å². The van der Waals surface area contributed by atoms with E-state index in [0.29, 0.717) is 12.2 Å². The Hall–Kier alpha value is -0.830. The van der Waals surface area contributed by atoms with Crippen LogP contribution in [0.4, 0.5) is 0 Å². The number of nitrogens with one attached hydrogen (secondary N) is 1. The van der Waals surface area contributed by atoms with Crippen molar-refractivity contribution in [2.24, 2.45) is 0 Å².